The maximum absolute atomic E-state index is 9.87. The van der Waals surface area contributed by atoms with E-state index >= 15 is 0 Å². The molecule has 0 saturated carbocycles. The molecule has 0 atom stereocenters. The van der Waals surface area contributed by atoms with Gasteiger partial charge in [0.1, 0.15) is 0 Å². The lowest BCUT2D eigenvalue weighted by atomic mass is 9.97. The van der Waals surface area contributed by atoms with Crippen molar-refractivity contribution in [3.05, 3.63) is 193 Å². The third kappa shape index (κ3) is 5.60. The number of nitrogens with zero attached hydrogens (tertiary/aromatic N) is 8. The van der Waals surface area contributed by atoms with Crippen molar-refractivity contribution in [3.8, 4) is 68.8 Å². The summed E-state index contributed by atoms with van der Waals surface area (Å²) in [5, 5.41) is 23.8. The van der Waals surface area contributed by atoms with E-state index in [1.54, 1.807) is 0 Å². The van der Waals surface area contributed by atoms with E-state index in [1.165, 1.54) is 0 Å². The van der Waals surface area contributed by atoms with Crippen LogP contribution >= 0.6 is 0 Å². The molecule has 4 aromatic heterocycles. The van der Waals surface area contributed by atoms with Crippen molar-refractivity contribution >= 4 is 43.6 Å². The molecule has 8 nitrogen and oxygen atoms in total. The minimum absolute atomic E-state index is 0.515. The summed E-state index contributed by atoms with van der Waals surface area (Å²) in [6, 6.07) is 61.3. The van der Waals surface area contributed by atoms with E-state index < -0.39 is 0 Å². The van der Waals surface area contributed by atoms with E-state index in [4.69, 9.17) is 19.9 Å². The van der Waals surface area contributed by atoms with Crippen LogP contribution in [0.5, 0.6) is 0 Å². The van der Waals surface area contributed by atoms with Gasteiger partial charge in [0.2, 0.25) is 0 Å². The van der Waals surface area contributed by atoms with Gasteiger partial charge in [0, 0.05) is 61.9 Å². The Morgan fingerprint density at radius 1 is 0.400 bits per heavy atom. The second-order valence-electron chi connectivity index (χ2n) is 14.6. The number of hydrogen-bond donors (Lipinski definition) is 0. The Labute approximate surface area is 344 Å². The number of nitriles is 2. The zero-order valence-electron chi connectivity index (χ0n) is 31.9. The van der Waals surface area contributed by atoms with Gasteiger partial charge in [-0.1, -0.05) is 97.1 Å². The van der Waals surface area contributed by atoms with Gasteiger partial charge in [0.25, 0.3) is 0 Å². The molecule has 0 spiro atoms. The Bertz CT molecular complexity index is 3510. The number of hydrogen-bond acceptors (Lipinski definition) is 6. The van der Waals surface area contributed by atoms with Crippen LogP contribution < -0.4 is 0 Å². The van der Waals surface area contributed by atoms with Crippen molar-refractivity contribution in [3.63, 3.8) is 0 Å². The fourth-order valence-electron chi connectivity index (χ4n) is 8.43. The molecule has 0 unspecified atom stereocenters. The van der Waals surface area contributed by atoms with Gasteiger partial charge in [-0.25, -0.2) is 15.0 Å². The summed E-state index contributed by atoms with van der Waals surface area (Å²) in [5.74, 6) is 1.64. The summed E-state index contributed by atoms with van der Waals surface area (Å²) in [4.78, 5) is 20.1. The Morgan fingerprint density at radius 2 is 0.917 bits per heavy atom. The molecule has 0 aliphatic carbocycles. The molecule has 0 bridgehead atoms. The lowest BCUT2D eigenvalue weighted by Gasteiger charge is -2.18. The van der Waals surface area contributed by atoms with Crippen molar-refractivity contribution in [2.45, 2.75) is 0 Å². The summed E-state index contributed by atoms with van der Waals surface area (Å²) in [6.07, 6.45) is 3.72. The predicted octanol–water partition coefficient (Wildman–Crippen LogP) is 11.9. The van der Waals surface area contributed by atoms with Gasteiger partial charge in [-0.05, 0) is 78.4 Å². The maximum atomic E-state index is 9.87. The normalized spacial score (nSPS) is 11.3. The van der Waals surface area contributed by atoms with Crippen molar-refractivity contribution in [2.75, 3.05) is 0 Å². The summed E-state index contributed by atoms with van der Waals surface area (Å²) in [5.41, 5.74) is 11.3. The summed E-state index contributed by atoms with van der Waals surface area (Å²) >= 11 is 0. The lowest BCUT2D eigenvalue weighted by molar-refractivity contribution is 1.07. The molecule has 0 aliphatic rings. The fraction of sp³-hybridized carbons (Fsp3) is 0. The maximum Gasteiger partial charge on any atom is 0.164 e. The number of pyridine rings is 1. The van der Waals surface area contributed by atoms with E-state index in [9.17, 15) is 10.5 Å². The standard InChI is InChI=1S/C52H30N8/c53-30-33-19-23-47-42(27-33)38-15-7-9-17-45(38)59(47)37-21-22-40(52-57-50(35-11-3-1-4-12-35)56-51(58-52)36-13-5-2-6-14-36)41(29-37)44-32-55-26-25-49(44)60-46-18-10-8-16-39(46)43-28-34(31-54)20-24-48(43)60/h1-29,32H. The topological polar surface area (TPSA) is 109 Å². The van der Waals surface area contributed by atoms with Gasteiger partial charge < -0.3 is 9.13 Å². The second-order valence-corrected chi connectivity index (χ2v) is 14.6. The highest BCUT2D eigenvalue weighted by Crippen LogP contribution is 2.42. The van der Waals surface area contributed by atoms with Gasteiger partial charge in [-0.15, -0.1) is 0 Å². The highest BCUT2D eigenvalue weighted by atomic mass is 15.0. The van der Waals surface area contributed by atoms with Crippen molar-refractivity contribution in [1.29, 1.82) is 10.5 Å². The van der Waals surface area contributed by atoms with E-state index in [-0.39, 0.29) is 0 Å². The first kappa shape index (κ1) is 34.5. The van der Waals surface area contributed by atoms with Crippen LogP contribution in [0.4, 0.5) is 0 Å². The van der Waals surface area contributed by atoms with Gasteiger partial charge >= 0.3 is 0 Å². The van der Waals surface area contributed by atoms with Crippen LogP contribution in [0.1, 0.15) is 11.1 Å². The van der Waals surface area contributed by atoms with Crippen LogP contribution in [0, 0.1) is 22.7 Å². The van der Waals surface area contributed by atoms with Crippen molar-refractivity contribution < 1.29 is 0 Å². The van der Waals surface area contributed by atoms with Crippen LogP contribution in [0.3, 0.4) is 0 Å². The monoisotopic (exact) mass is 766 g/mol. The molecule has 0 N–H and O–H groups in total. The van der Waals surface area contributed by atoms with Gasteiger partial charge in [0.15, 0.2) is 17.5 Å². The summed E-state index contributed by atoms with van der Waals surface area (Å²) in [6.45, 7) is 0. The molecule has 0 radical (unpaired) electrons. The highest BCUT2D eigenvalue weighted by Gasteiger charge is 2.23. The summed E-state index contributed by atoms with van der Waals surface area (Å²) < 4.78 is 4.50. The molecule has 0 amide bonds. The molecule has 0 aliphatic heterocycles. The fourth-order valence-corrected chi connectivity index (χ4v) is 8.43. The Balaban J connectivity index is 1.23. The second kappa shape index (κ2) is 14.0. The van der Waals surface area contributed by atoms with Crippen LogP contribution in [0.2, 0.25) is 0 Å². The number of rotatable bonds is 6. The van der Waals surface area contributed by atoms with Gasteiger partial charge in [-0.3, -0.25) is 4.98 Å². The first-order chi connectivity index (χ1) is 29.7. The molecule has 11 rings (SSSR count). The SMILES string of the molecule is N#Cc1ccc2c(c1)c1ccccc1n2-c1ccc(-c2nc(-c3ccccc3)nc(-c3ccccc3)n2)c(-c2cnccc2-n2c3ccccc3c3cc(C#N)ccc32)c1. The van der Waals surface area contributed by atoms with Crippen LogP contribution in [-0.4, -0.2) is 29.1 Å². The minimum Gasteiger partial charge on any atom is -0.309 e. The van der Waals surface area contributed by atoms with Crippen LogP contribution in [0.15, 0.2) is 182 Å². The molecule has 11 aromatic rings. The van der Waals surface area contributed by atoms with Gasteiger partial charge in [0.05, 0.1) is 51.0 Å². The zero-order valence-corrected chi connectivity index (χ0v) is 31.9. The lowest BCUT2D eigenvalue weighted by Crippen LogP contribution is -2.04. The molecular formula is C52H30N8. The first-order valence-electron chi connectivity index (χ1n) is 19.5. The first-order valence-corrected chi connectivity index (χ1v) is 19.5. The van der Waals surface area contributed by atoms with E-state index in [0.717, 1.165) is 82.8 Å². The molecule has 8 heteroatoms. The number of para-hydroxylation sites is 2. The van der Waals surface area contributed by atoms with E-state index in [2.05, 4.69) is 63.7 Å². The number of fused-ring (bicyclic) bond motifs is 6. The Morgan fingerprint density at radius 3 is 1.52 bits per heavy atom. The average Bonchev–Trinajstić information content (AvgIpc) is 3.83. The smallest absolute Gasteiger partial charge is 0.164 e. The van der Waals surface area contributed by atoms with Crippen LogP contribution in [0.25, 0.3) is 100 Å². The quantitative estimate of drug-likeness (QED) is 0.167. The van der Waals surface area contributed by atoms with Crippen LogP contribution in [-0.2, 0) is 0 Å². The molecular weight excluding hydrogens is 737 g/mol. The highest BCUT2D eigenvalue weighted by molar-refractivity contribution is 6.11. The van der Waals surface area contributed by atoms with E-state index in [1.807, 2.05) is 140 Å². The summed E-state index contributed by atoms with van der Waals surface area (Å²) in [7, 11) is 0. The Hall–Kier alpha value is -8.72. The minimum atomic E-state index is 0.515. The van der Waals surface area contributed by atoms with Gasteiger partial charge in [-0.2, -0.15) is 10.5 Å². The molecule has 60 heavy (non-hydrogen) atoms. The predicted molar refractivity (Wildman–Crippen MR) is 237 cm³/mol. The molecule has 0 fully saturated rings. The van der Waals surface area contributed by atoms with E-state index in [0.29, 0.717) is 28.6 Å². The molecule has 278 valence electrons. The van der Waals surface area contributed by atoms with Crippen molar-refractivity contribution in [2.24, 2.45) is 0 Å². The third-order valence-electron chi connectivity index (χ3n) is 11.1. The zero-order chi connectivity index (χ0) is 40.2. The average molecular weight is 767 g/mol. The molecule has 7 aromatic carbocycles. The molecule has 0 saturated heterocycles. The number of benzene rings is 7. The number of aromatic nitrogens is 6. The third-order valence-corrected chi connectivity index (χ3v) is 11.1. The molecule has 4 heterocycles. The van der Waals surface area contributed by atoms with Crippen molar-refractivity contribution in [1.82, 2.24) is 29.1 Å². The Kier molecular flexibility index (Phi) is 8.07. The largest absolute Gasteiger partial charge is 0.309 e.